The average Bonchev–Trinajstić information content (AvgIpc) is 2.97. The number of rotatable bonds is 4. The lowest BCUT2D eigenvalue weighted by Crippen LogP contribution is -2.54. The highest BCUT2D eigenvalue weighted by Gasteiger charge is 2.45. The van der Waals surface area contributed by atoms with Gasteiger partial charge in [-0.2, -0.15) is 6.07 Å². The van der Waals surface area contributed by atoms with Gasteiger partial charge in [0.25, 0.3) is 0 Å². The number of hydrogen-bond acceptors (Lipinski definition) is 1. The molecule has 136 valence electrons. The summed E-state index contributed by atoms with van der Waals surface area (Å²) in [5, 5.41) is 1.29. The normalized spacial score (nSPS) is 19.0. The Kier molecular flexibility index (Phi) is 4.44. The van der Waals surface area contributed by atoms with Crippen molar-refractivity contribution in [2.45, 2.75) is 59.0 Å². The van der Waals surface area contributed by atoms with E-state index < -0.39 is 0 Å². The molecule has 1 aliphatic heterocycles. The summed E-state index contributed by atoms with van der Waals surface area (Å²) < 4.78 is 10.5. The summed E-state index contributed by atoms with van der Waals surface area (Å²) in [6.07, 6.45) is 4.16. The molecule has 1 unspecified atom stereocenters. The number of benzene rings is 2. The molecule has 26 heavy (non-hydrogen) atoms. The molecule has 0 bridgehead atoms. The molecule has 0 fully saturated rings. The first-order valence-electron chi connectivity index (χ1n) is 9.73. The lowest BCUT2D eigenvalue weighted by molar-refractivity contribution is -0.629. The van der Waals surface area contributed by atoms with E-state index in [9.17, 15) is 0 Å². The predicted molar refractivity (Wildman–Crippen MR) is 110 cm³/mol. The fraction of sp³-hybridized carbons (Fsp3) is 0.391. The minimum Gasteiger partial charge on any atom is -0.489 e. The van der Waals surface area contributed by atoms with Crippen LogP contribution in [0.15, 0.2) is 42.5 Å². The molecule has 0 saturated heterocycles. The lowest BCUT2D eigenvalue weighted by atomic mass is 9.90. The second kappa shape index (κ2) is 6.62. The van der Waals surface area contributed by atoms with E-state index in [1.807, 2.05) is 11.3 Å². The Bertz CT molecular complexity index is 945. The maximum absolute atomic E-state index is 6.72. The number of hydrogen-bond donors (Lipinski definition) is 0. The molecule has 3 aromatic rings. The molecule has 0 saturated carbocycles. The molecule has 1 atom stereocenters. The number of ether oxygens (including phenoxy) is 1. The predicted octanol–water partition coefficient (Wildman–Crippen LogP) is 6.16. The maximum atomic E-state index is 6.72. The van der Waals surface area contributed by atoms with E-state index in [0.717, 1.165) is 31.4 Å². The quantitative estimate of drug-likeness (QED) is 0.306. The first-order chi connectivity index (χ1) is 12.6. The maximum Gasteiger partial charge on any atom is 0.382 e. The van der Waals surface area contributed by atoms with Crippen molar-refractivity contribution < 1.29 is 9.30 Å². The second-order valence-electron chi connectivity index (χ2n) is 7.28. The minimum absolute atomic E-state index is 0.298. The van der Waals surface area contributed by atoms with E-state index in [1.165, 1.54) is 32.4 Å². The number of fused-ring (bicyclic) bond motifs is 5. The molecule has 2 nitrogen and oxygen atoms in total. The highest BCUT2D eigenvalue weighted by molar-refractivity contribution is 7.21. The van der Waals surface area contributed by atoms with Gasteiger partial charge in [-0.15, -0.1) is 12.1 Å². The summed E-state index contributed by atoms with van der Waals surface area (Å²) in [7, 11) is 0. The molecule has 0 spiro atoms. The Morgan fingerprint density at radius 3 is 2.73 bits per heavy atom. The minimum atomic E-state index is -0.298. The Morgan fingerprint density at radius 2 is 2.00 bits per heavy atom. The highest BCUT2D eigenvalue weighted by atomic mass is 32.1. The van der Waals surface area contributed by atoms with E-state index in [2.05, 4.69) is 74.7 Å². The Hall–Kier alpha value is -2.00. The summed E-state index contributed by atoms with van der Waals surface area (Å²) in [6, 6.07) is 16.9. The monoisotopic (exact) mass is 365 g/mol. The number of para-hydroxylation sites is 1. The van der Waals surface area contributed by atoms with E-state index in [-0.39, 0.29) is 5.60 Å². The number of nitrogens with zero attached hydrogens (tertiary/aromatic N) is 1. The SMILES string of the molecule is CCCc1ccc2c(c1)OC(C)(CC)[C-](CC)[n+]1c-2[s+][c-]2ccccc21. The Labute approximate surface area is 160 Å². The van der Waals surface area contributed by atoms with Crippen LogP contribution in [0.3, 0.4) is 0 Å². The van der Waals surface area contributed by atoms with Gasteiger partial charge in [-0.1, -0.05) is 39.3 Å². The van der Waals surface area contributed by atoms with Crippen LogP contribution in [0, 0.1) is 6.04 Å². The third kappa shape index (κ3) is 2.61. The molecular formula is C23H27NOS. The summed E-state index contributed by atoms with van der Waals surface area (Å²) in [5.74, 6) is 1.03. The molecular weight excluding hydrogens is 338 g/mol. The van der Waals surface area contributed by atoms with Crippen LogP contribution in [0.2, 0.25) is 0 Å². The van der Waals surface area contributed by atoms with E-state index in [4.69, 9.17) is 4.74 Å². The van der Waals surface area contributed by atoms with Crippen molar-refractivity contribution in [2.24, 2.45) is 0 Å². The van der Waals surface area contributed by atoms with E-state index >= 15 is 0 Å². The smallest absolute Gasteiger partial charge is 0.382 e. The number of aromatic nitrogens is 1. The molecule has 0 N–H and O–H groups in total. The first-order valence-corrected chi connectivity index (χ1v) is 10.6. The molecule has 0 aliphatic carbocycles. The van der Waals surface area contributed by atoms with Gasteiger partial charge in [0.05, 0.1) is 5.52 Å². The zero-order valence-electron chi connectivity index (χ0n) is 16.1. The van der Waals surface area contributed by atoms with Crippen molar-refractivity contribution in [3.63, 3.8) is 0 Å². The third-order valence-corrected chi connectivity index (χ3v) is 6.72. The van der Waals surface area contributed by atoms with E-state index in [0.29, 0.717) is 0 Å². The molecule has 0 amide bonds. The summed E-state index contributed by atoms with van der Waals surface area (Å²) in [5.41, 5.74) is 3.57. The van der Waals surface area contributed by atoms with Gasteiger partial charge in [0.2, 0.25) is 0 Å². The summed E-state index contributed by atoms with van der Waals surface area (Å²) in [4.78, 5) is 0. The van der Waals surface area contributed by atoms with Gasteiger partial charge in [0, 0.05) is 0 Å². The first kappa shape index (κ1) is 17.4. The van der Waals surface area contributed by atoms with Gasteiger partial charge in [-0.3, -0.25) is 4.57 Å². The zero-order chi connectivity index (χ0) is 18.3. The van der Waals surface area contributed by atoms with Crippen molar-refractivity contribution in [2.75, 3.05) is 0 Å². The van der Waals surface area contributed by atoms with Crippen LogP contribution in [-0.2, 0) is 6.42 Å². The van der Waals surface area contributed by atoms with Crippen molar-refractivity contribution in [1.82, 2.24) is 0 Å². The fourth-order valence-electron chi connectivity index (χ4n) is 4.05. The molecule has 1 aromatic heterocycles. The molecule has 2 aromatic carbocycles. The van der Waals surface area contributed by atoms with Crippen LogP contribution in [0.1, 0.15) is 52.5 Å². The molecule has 3 heteroatoms. The second-order valence-corrected chi connectivity index (χ2v) is 8.31. The van der Waals surface area contributed by atoms with Gasteiger partial charge < -0.3 is 4.74 Å². The molecule has 2 heterocycles. The van der Waals surface area contributed by atoms with Crippen LogP contribution >= 0.6 is 11.3 Å². The van der Waals surface area contributed by atoms with E-state index in [1.54, 1.807) is 0 Å². The molecule has 4 rings (SSSR count). The number of aryl methyl sites for hydroxylation is 1. The highest BCUT2D eigenvalue weighted by Crippen LogP contribution is 2.44. The van der Waals surface area contributed by atoms with Gasteiger partial charge in [-0.05, 0) is 43.9 Å². The summed E-state index contributed by atoms with van der Waals surface area (Å²) >= 11 is 1.87. The van der Waals surface area contributed by atoms with Crippen LogP contribution < -0.4 is 9.30 Å². The Balaban J connectivity index is 2.03. The van der Waals surface area contributed by atoms with Gasteiger partial charge in [0.1, 0.15) is 23.0 Å². The van der Waals surface area contributed by atoms with Gasteiger partial charge >= 0.3 is 5.01 Å². The van der Waals surface area contributed by atoms with Crippen molar-refractivity contribution in [3.05, 3.63) is 54.1 Å². The van der Waals surface area contributed by atoms with Crippen molar-refractivity contribution in [3.8, 4) is 16.3 Å². The third-order valence-electron chi connectivity index (χ3n) is 5.56. The zero-order valence-corrected chi connectivity index (χ0v) is 17.0. The topological polar surface area (TPSA) is 13.1 Å². The van der Waals surface area contributed by atoms with Gasteiger partial charge in [0.15, 0.2) is 16.0 Å². The van der Waals surface area contributed by atoms with Crippen LogP contribution in [0.4, 0.5) is 0 Å². The van der Waals surface area contributed by atoms with Crippen LogP contribution in [0.25, 0.3) is 20.8 Å². The van der Waals surface area contributed by atoms with Crippen LogP contribution in [0.5, 0.6) is 5.75 Å². The van der Waals surface area contributed by atoms with Gasteiger partial charge in [-0.25, -0.2) is 0 Å². The van der Waals surface area contributed by atoms with Crippen molar-refractivity contribution in [1.29, 1.82) is 0 Å². The molecule has 1 aliphatic rings. The molecule has 0 radical (unpaired) electrons. The standard InChI is InChI=1S/C23H27NOS/c1-5-10-16-13-14-17-19(15-16)25-23(4,7-3)21(6-2)24-18-11-8-9-12-20(18)26-22(17)24/h8-9,11-15H,5-7,10H2,1-4H3. The van der Waals surface area contributed by atoms with Crippen molar-refractivity contribution >= 4 is 21.6 Å². The fourth-order valence-corrected chi connectivity index (χ4v) is 5.25. The largest absolute Gasteiger partial charge is 0.489 e. The Morgan fingerprint density at radius 1 is 1.15 bits per heavy atom. The number of thiazole rings is 1. The average molecular weight is 366 g/mol. The lowest BCUT2D eigenvalue weighted by Gasteiger charge is -2.35. The van der Waals surface area contributed by atoms with Crippen LogP contribution in [-0.4, -0.2) is 5.60 Å². The summed E-state index contributed by atoms with van der Waals surface area (Å²) in [6.45, 7) is 8.95.